The van der Waals surface area contributed by atoms with Gasteiger partial charge in [-0.2, -0.15) is 0 Å². The maximum absolute atomic E-state index is 12.1. The number of sulfonamides is 1. The minimum Gasteiger partial charge on any atom is -0.359 e. The third-order valence-corrected chi connectivity index (χ3v) is 5.46. The Bertz CT molecular complexity index is 369. The van der Waals surface area contributed by atoms with Gasteiger partial charge in [0.15, 0.2) is 0 Å². The maximum Gasteiger partial charge on any atom is 0.224 e. The predicted octanol–water partition coefficient (Wildman–Crippen LogP) is -0.879. The number of carbonyl (C=O) groups is 1. The Morgan fingerprint density at radius 1 is 1.59 bits per heavy atom. The van der Waals surface area contributed by atoms with E-state index >= 15 is 0 Å². The third kappa shape index (κ3) is 3.17. The molecule has 6 nitrogen and oxygen atoms in total. The minimum atomic E-state index is -3.36. The van der Waals surface area contributed by atoms with E-state index in [-0.39, 0.29) is 24.9 Å². The average Bonchev–Trinajstić information content (AvgIpc) is 2.36. The molecule has 1 rings (SSSR count). The van der Waals surface area contributed by atoms with E-state index in [0.717, 1.165) is 6.42 Å². The van der Waals surface area contributed by atoms with Crippen molar-refractivity contribution < 1.29 is 13.2 Å². The van der Waals surface area contributed by atoms with Crippen molar-refractivity contribution in [3.63, 3.8) is 0 Å². The molecule has 0 aromatic carbocycles. The molecule has 1 saturated heterocycles. The first-order chi connectivity index (χ1) is 7.93. The molecule has 17 heavy (non-hydrogen) atoms. The lowest BCUT2D eigenvalue weighted by atomic mass is 9.99. The molecule has 2 atom stereocenters. The van der Waals surface area contributed by atoms with E-state index in [1.54, 1.807) is 14.0 Å². The number of nitrogens with two attached hydrogens (primary N) is 1. The molecule has 1 amide bonds. The van der Waals surface area contributed by atoms with Crippen LogP contribution in [0.25, 0.3) is 0 Å². The van der Waals surface area contributed by atoms with Crippen LogP contribution in [-0.4, -0.2) is 50.6 Å². The van der Waals surface area contributed by atoms with Gasteiger partial charge >= 0.3 is 0 Å². The Balaban J connectivity index is 2.76. The molecule has 0 aromatic rings. The lowest BCUT2D eigenvalue weighted by molar-refractivity contribution is -0.125. The second-order valence-electron chi connectivity index (χ2n) is 4.40. The Hall–Kier alpha value is -0.660. The van der Waals surface area contributed by atoms with Gasteiger partial charge in [-0.05, 0) is 19.8 Å². The minimum absolute atomic E-state index is 0.0923. The van der Waals surface area contributed by atoms with Gasteiger partial charge in [-0.15, -0.1) is 0 Å². The van der Waals surface area contributed by atoms with Crippen LogP contribution in [0.4, 0.5) is 0 Å². The van der Waals surface area contributed by atoms with Gasteiger partial charge < -0.3 is 11.1 Å². The monoisotopic (exact) mass is 263 g/mol. The number of rotatable bonds is 4. The topological polar surface area (TPSA) is 92.5 Å². The van der Waals surface area contributed by atoms with Gasteiger partial charge in [0, 0.05) is 26.7 Å². The van der Waals surface area contributed by atoms with Crippen molar-refractivity contribution in [1.82, 2.24) is 9.62 Å². The van der Waals surface area contributed by atoms with Crippen molar-refractivity contribution >= 4 is 15.9 Å². The number of nitrogens with zero attached hydrogens (tertiary/aromatic N) is 1. The number of nitrogens with one attached hydrogen (secondary N) is 1. The highest BCUT2D eigenvalue weighted by Gasteiger charge is 2.34. The molecule has 1 aliphatic rings. The molecule has 0 aromatic heterocycles. The molecule has 0 bridgehead atoms. The SMILES string of the molecule is CNC(=O)C1CCCN(S(=O)(=O)C(C)CN)C1. The average molecular weight is 263 g/mol. The summed E-state index contributed by atoms with van der Waals surface area (Å²) in [4.78, 5) is 11.5. The van der Waals surface area contributed by atoms with Gasteiger partial charge in [-0.3, -0.25) is 4.79 Å². The smallest absolute Gasteiger partial charge is 0.224 e. The van der Waals surface area contributed by atoms with Crippen molar-refractivity contribution in [2.24, 2.45) is 11.7 Å². The molecule has 3 N–H and O–H groups in total. The first-order valence-electron chi connectivity index (χ1n) is 5.84. The summed E-state index contributed by atoms with van der Waals surface area (Å²) in [5, 5.41) is 1.97. The van der Waals surface area contributed by atoms with Crippen LogP contribution in [0.5, 0.6) is 0 Å². The second-order valence-corrected chi connectivity index (χ2v) is 6.75. The summed E-state index contributed by atoms with van der Waals surface area (Å²) in [7, 11) is -1.79. The number of piperidine rings is 1. The highest BCUT2D eigenvalue weighted by Crippen LogP contribution is 2.21. The molecule has 0 saturated carbocycles. The quantitative estimate of drug-likeness (QED) is 0.689. The Morgan fingerprint density at radius 3 is 2.76 bits per heavy atom. The molecule has 1 fully saturated rings. The molecule has 1 heterocycles. The molecule has 2 unspecified atom stereocenters. The van der Waals surface area contributed by atoms with E-state index in [4.69, 9.17) is 5.73 Å². The lowest BCUT2D eigenvalue weighted by Gasteiger charge is -2.32. The van der Waals surface area contributed by atoms with Crippen LogP contribution in [0.15, 0.2) is 0 Å². The van der Waals surface area contributed by atoms with Crippen LogP contribution in [0, 0.1) is 5.92 Å². The van der Waals surface area contributed by atoms with Crippen LogP contribution in [0.2, 0.25) is 0 Å². The van der Waals surface area contributed by atoms with Crippen molar-refractivity contribution in [2.45, 2.75) is 25.0 Å². The number of hydrogen-bond acceptors (Lipinski definition) is 4. The van der Waals surface area contributed by atoms with Gasteiger partial charge in [0.2, 0.25) is 15.9 Å². The summed E-state index contributed by atoms with van der Waals surface area (Å²) >= 11 is 0. The van der Waals surface area contributed by atoms with Gasteiger partial charge in [0.1, 0.15) is 0 Å². The Morgan fingerprint density at radius 2 is 2.24 bits per heavy atom. The molecule has 100 valence electrons. The number of hydrogen-bond donors (Lipinski definition) is 2. The maximum atomic E-state index is 12.1. The zero-order chi connectivity index (χ0) is 13.1. The zero-order valence-corrected chi connectivity index (χ0v) is 11.2. The van der Waals surface area contributed by atoms with Crippen molar-refractivity contribution in [2.75, 3.05) is 26.7 Å². The van der Waals surface area contributed by atoms with Crippen molar-refractivity contribution in [3.8, 4) is 0 Å². The molecule has 0 radical (unpaired) electrons. The van der Waals surface area contributed by atoms with Gasteiger partial charge in [-0.1, -0.05) is 0 Å². The summed E-state index contributed by atoms with van der Waals surface area (Å²) in [6.07, 6.45) is 1.46. The van der Waals surface area contributed by atoms with E-state index in [0.29, 0.717) is 13.0 Å². The Labute approximate surface area is 103 Å². The summed E-state index contributed by atoms with van der Waals surface area (Å²) in [6, 6.07) is 0. The molecule has 7 heteroatoms. The molecule has 0 spiro atoms. The van der Waals surface area contributed by atoms with Crippen molar-refractivity contribution in [1.29, 1.82) is 0 Å². The molecular weight excluding hydrogens is 242 g/mol. The normalized spacial score (nSPS) is 24.3. The van der Waals surface area contributed by atoms with Crippen LogP contribution < -0.4 is 11.1 Å². The number of carbonyl (C=O) groups excluding carboxylic acids is 1. The summed E-state index contributed by atoms with van der Waals surface area (Å²) in [5.74, 6) is -0.334. The fourth-order valence-corrected chi connectivity index (χ4v) is 3.49. The zero-order valence-electron chi connectivity index (χ0n) is 10.3. The highest BCUT2D eigenvalue weighted by molar-refractivity contribution is 7.89. The van der Waals surface area contributed by atoms with E-state index in [1.165, 1.54) is 4.31 Å². The van der Waals surface area contributed by atoms with Crippen LogP contribution in [-0.2, 0) is 14.8 Å². The predicted molar refractivity (Wildman–Crippen MR) is 65.8 cm³/mol. The largest absolute Gasteiger partial charge is 0.359 e. The van der Waals surface area contributed by atoms with Crippen molar-refractivity contribution in [3.05, 3.63) is 0 Å². The highest BCUT2D eigenvalue weighted by atomic mass is 32.2. The van der Waals surface area contributed by atoms with E-state index < -0.39 is 15.3 Å². The first-order valence-corrected chi connectivity index (χ1v) is 7.34. The second kappa shape index (κ2) is 5.79. The van der Waals surface area contributed by atoms with E-state index in [1.807, 2.05) is 0 Å². The standard InChI is InChI=1S/C10H21N3O3S/c1-8(6-11)17(15,16)13-5-3-4-9(7-13)10(14)12-2/h8-9H,3-7,11H2,1-2H3,(H,12,14). The Kier molecular flexibility index (Phi) is 4.91. The van der Waals surface area contributed by atoms with E-state index in [9.17, 15) is 13.2 Å². The summed E-state index contributed by atoms with van der Waals surface area (Å²) < 4.78 is 25.6. The first kappa shape index (κ1) is 14.4. The van der Waals surface area contributed by atoms with Crippen LogP contribution in [0.3, 0.4) is 0 Å². The van der Waals surface area contributed by atoms with Gasteiger partial charge in [0.25, 0.3) is 0 Å². The molecular formula is C10H21N3O3S. The number of amides is 1. The summed E-state index contributed by atoms with van der Waals surface area (Å²) in [5.41, 5.74) is 5.40. The van der Waals surface area contributed by atoms with Crippen LogP contribution in [0.1, 0.15) is 19.8 Å². The summed E-state index contributed by atoms with van der Waals surface area (Å²) in [6.45, 7) is 2.45. The van der Waals surface area contributed by atoms with Gasteiger partial charge in [0.05, 0.1) is 11.2 Å². The van der Waals surface area contributed by atoms with Crippen LogP contribution >= 0.6 is 0 Å². The fourth-order valence-electron chi connectivity index (χ4n) is 1.97. The third-order valence-electron chi connectivity index (χ3n) is 3.20. The van der Waals surface area contributed by atoms with Gasteiger partial charge in [-0.25, -0.2) is 12.7 Å². The van der Waals surface area contributed by atoms with E-state index in [2.05, 4.69) is 5.32 Å². The fraction of sp³-hybridized carbons (Fsp3) is 0.900. The lowest BCUT2D eigenvalue weighted by Crippen LogP contribution is -2.48. The molecule has 1 aliphatic heterocycles. The molecule has 0 aliphatic carbocycles.